The van der Waals surface area contributed by atoms with Gasteiger partial charge in [-0.1, -0.05) is 18.2 Å². The van der Waals surface area contributed by atoms with Gasteiger partial charge >= 0.3 is 0 Å². The first-order valence-electron chi connectivity index (χ1n) is 6.60. The molecule has 1 saturated heterocycles. The zero-order valence-electron chi connectivity index (χ0n) is 11.3. The van der Waals surface area contributed by atoms with Gasteiger partial charge in [0, 0.05) is 17.8 Å². The lowest BCUT2D eigenvalue weighted by molar-refractivity contribution is 0.111. The lowest BCUT2D eigenvalue weighted by Gasteiger charge is -2.26. The molecular weight excluding hydrogens is 254 g/mol. The molecule has 20 heavy (non-hydrogen) atoms. The van der Waals surface area contributed by atoms with Crippen LogP contribution in [0.2, 0.25) is 0 Å². The number of benzene rings is 2. The Labute approximate surface area is 118 Å². The molecule has 0 bridgehead atoms. The standard InChI is InChI=1S/C16H17NO3/c1-19-13-8-6-12(7-9-13)17-10-11-20-16(17)14-4-2-3-5-15(14)18/h2-9,16,18H,10-11H2,1H3. The second-order valence-electron chi connectivity index (χ2n) is 4.67. The number of nitrogens with zero attached hydrogens (tertiary/aromatic N) is 1. The van der Waals surface area contributed by atoms with E-state index in [-0.39, 0.29) is 12.0 Å². The van der Waals surface area contributed by atoms with Crippen LogP contribution in [0.3, 0.4) is 0 Å². The van der Waals surface area contributed by atoms with Gasteiger partial charge in [-0.25, -0.2) is 0 Å². The molecule has 1 N–H and O–H groups in total. The molecule has 1 aliphatic rings. The molecule has 2 aromatic carbocycles. The highest BCUT2D eigenvalue weighted by Gasteiger charge is 2.28. The van der Waals surface area contributed by atoms with E-state index in [0.717, 1.165) is 23.5 Å². The van der Waals surface area contributed by atoms with Gasteiger partial charge in [-0.3, -0.25) is 0 Å². The molecule has 1 unspecified atom stereocenters. The van der Waals surface area contributed by atoms with Crippen molar-refractivity contribution in [3.63, 3.8) is 0 Å². The van der Waals surface area contributed by atoms with Crippen molar-refractivity contribution in [2.75, 3.05) is 25.2 Å². The lowest BCUT2D eigenvalue weighted by atomic mass is 10.1. The fourth-order valence-corrected chi connectivity index (χ4v) is 2.46. The number of phenols is 1. The average Bonchev–Trinajstić information content (AvgIpc) is 2.97. The highest BCUT2D eigenvalue weighted by molar-refractivity contribution is 5.52. The van der Waals surface area contributed by atoms with E-state index in [2.05, 4.69) is 4.90 Å². The van der Waals surface area contributed by atoms with Crippen LogP contribution in [0.4, 0.5) is 5.69 Å². The first-order chi connectivity index (χ1) is 9.79. The molecule has 4 nitrogen and oxygen atoms in total. The Bertz CT molecular complexity index is 583. The van der Waals surface area contributed by atoms with Gasteiger partial charge in [0.05, 0.1) is 13.7 Å². The number of hydrogen-bond acceptors (Lipinski definition) is 4. The van der Waals surface area contributed by atoms with Gasteiger partial charge in [0.1, 0.15) is 11.5 Å². The van der Waals surface area contributed by atoms with Gasteiger partial charge in [0.2, 0.25) is 0 Å². The Morgan fingerprint density at radius 2 is 1.90 bits per heavy atom. The highest BCUT2D eigenvalue weighted by atomic mass is 16.5. The van der Waals surface area contributed by atoms with Crippen LogP contribution in [-0.4, -0.2) is 25.4 Å². The van der Waals surface area contributed by atoms with Gasteiger partial charge in [0.15, 0.2) is 6.23 Å². The molecule has 0 spiro atoms. The van der Waals surface area contributed by atoms with E-state index in [1.165, 1.54) is 0 Å². The molecular formula is C16H17NO3. The molecule has 0 aromatic heterocycles. The number of methoxy groups -OCH3 is 1. The number of aromatic hydroxyl groups is 1. The van der Waals surface area contributed by atoms with Gasteiger partial charge in [-0.2, -0.15) is 0 Å². The zero-order valence-corrected chi connectivity index (χ0v) is 11.3. The predicted molar refractivity (Wildman–Crippen MR) is 77.1 cm³/mol. The van der Waals surface area contributed by atoms with E-state index in [4.69, 9.17) is 9.47 Å². The van der Waals surface area contributed by atoms with Crippen molar-refractivity contribution in [2.45, 2.75) is 6.23 Å². The summed E-state index contributed by atoms with van der Waals surface area (Å²) in [6.07, 6.45) is -0.246. The van der Waals surface area contributed by atoms with E-state index in [1.54, 1.807) is 13.2 Å². The molecule has 0 aliphatic carbocycles. The third-order valence-corrected chi connectivity index (χ3v) is 3.50. The summed E-state index contributed by atoms with van der Waals surface area (Å²) in [7, 11) is 1.65. The van der Waals surface area contributed by atoms with Crippen molar-refractivity contribution in [3.8, 4) is 11.5 Å². The Kier molecular flexibility index (Phi) is 3.48. The van der Waals surface area contributed by atoms with Crippen molar-refractivity contribution in [3.05, 3.63) is 54.1 Å². The Morgan fingerprint density at radius 3 is 2.60 bits per heavy atom. The monoisotopic (exact) mass is 271 g/mol. The van der Waals surface area contributed by atoms with Gasteiger partial charge < -0.3 is 19.5 Å². The minimum Gasteiger partial charge on any atom is -0.507 e. The van der Waals surface area contributed by atoms with Crippen LogP contribution in [0.25, 0.3) is 0 Å². The normalized spacial score (nSPS) is 18.2. The third-order valence-electron chi connectivity index (χ3n) is 3.50. The quantitative estimate of drug-likeness (QED) is 0.932. The summed E-state index contributed by atoms with van der Waals surface area (Å²) in [4.78, 5) is 2.13. The van der Waals surface area contributed by atoms with Crippen LogP contribution < -0.4 is 9.64 Å². The van der Waals surface area contributed by atoms with Crippen LogP contribution in [0.5, 0.6) is 11.5 Å². The third kappa shape index (κ3) is 2.30. The second kappa shape index (κ2) is 5.43. The van der Waals surface area contributed by atoms with E-state index in [9.17, 15) is 5.11 Å². The van der Waals surface area contributed by atoms with Crippen LogP contribution >= 0.6 is 0 Å². The number of para-hydroxylation sites is 1. The summed E-state index contributed by atoms with van der Waals surface area (Å²) in [5.41, 5.74) is 1.84. The predicted octanol–water partition coefficient (Wildman–Crippen LogP) is 2.94. The molecule has 1 atom stereocenters. The van der Waals surface area contributed by atoms with Gasteiger partial charge in [0.25, 0.3) is 0 Å². The van der Waals surface area contributed by atoms with E-state index in [0.29, 0.717) is 6.61 Å². The number of anilines is 1. The number of phenolic OH excluding ortho intramolecular Hbond substituents is 1. The highest BCUT2D eigenvalue weighted by Crippen LogP contribution is 2.36. The number of rotatable bonds is 3. The molecule has 0 saturated carbocycles. The van der Waals surface area contributed by atoms with Gasteiger partial charge in [-0.05, 0) is 30.3 Å². The number of ether oxygens (including phenoxy) is 2. The van der Waals surface area contributed by atoms with E-state index in [1.807, 2.05) is 42.5 Å². The SMILES string of the molecule is COc1ccc(N2CCOC2c2ccccc2O)cc1. The summed E-state index contributed by atoms with van der Waals surface area (Å²) < 4.78 is 11.0. The van der Waals surface area contributed by atoms with E-state index < -0.39 is 0 Å². The topological polar surface area (TPSA) is 41.9 Å². The Morgan fingerprint density at radius 1 is 1.15 bits per heavy atom. The molecule has 4 heteroatoms. The summed E-state index contributed by atoms with van der Waals surface area (Å²) >= 11 is 0. The summed E-state index contributed by atoms with van der Waals surface area (Å²) in [6.45, 7) is 1.44. The molecule has 1 heterocycles. The van der Waals surface area contributed by atoms with Crippen molar-refractivity contribution in [2.24, 2.45) is 0 Å². The fourth-order valence-electron chi connectivity index (χ4n) is 2.46. The molecule has 2 aromatic rings. The van der Waals surface area contributed by atoms with Crippen LogP contribution in [0.1, 0.15) is 11.8 Å². The minimum absolute atomic E-state index is 0.246. The van der Waals surface area contributed by atoms with Crippen molar-refractivity contribution in [1.82, 2.24) is 0 Å². The van der Waals surface area contributed by atoms with Gasteiger partial charge in [-0.15, -0.1) is 0 Å². The maximum Gasteiger partial charge on any atom is 0.160 e. The van der Waals surface area contributed by atoms with Crippen LogP contribution in [0, 0.1) is 0 Å². The Balaban J connectivity index is 1.90. The molecule has 0 amide bonds. The van der Waals surface area contributed by atoms with Crippen LogP contribution in [0.15, 0.2) is 48.5 Å². The fraction of sp³-hybridized carbons (Fsp3) is 0.250. The lowest BCUT2D eigenvalue weighted by Crippen LogP contribution is -2.23. The van der Waals surface area contributed by atoms with Crippen molar-refractivity contribution < 1.29 is 14.6 Å². The van der Waals surface area contributed by atoms with E-state index >= 15 is 0 Å². The summed E-state index contributed by atoms with van der Waals surface area (Å²) in [6, 6.07) is 15.1. The average molecular weight is 271 g/mol. The van der Waals surface area contributed by atoms with Crippen molar-refractivity contribution >= 4 is 5.69 Å². The van der Waals surface area contributed by atoms with Crippen LogP contribution in [-0.2, 0) is 4.74 Å². The molecule has 0 radical (unpaired) electrons. The minimum atomic E-state index is -0.246. The number of hydrogen-bond donors (Lipinski definition) is 1. The maximum atomic E-state index is 9.99. The molecule has 1 fully saturated rings. The summed E-state index contributed by atoms with van der Waals surface area (Å²) in [5, 5.41) is 9.99. The first-order valence-corrected chi connectivity index (χ1v) is 6.60. The first kappa shape index (κ1) is 12.8. The maximum absolute atomic E-state index is 9.99. The van der Waals surface area contributed by atoms with Crippen molar-refractivity contribution in [1.29, 1.82) is 0 Å². The smallest absolute Gasteiger partial charge is 0.160 e. The molecule has 1 aliphatic heterocycles. The zero-order chi connectivity index (χ0) is 13.9. The largest absolute Gasteiger partial charge is 0.507 e. The Hall–Kier alpha value is -2.20. The molecule has 3 rings (SSSR count). The second-order valence-corrected chi connectivity index (χ2v) is 4.67. The summed E-state index contributed by atoms with van der Waals surface area (Å²) in [5.74, 6) is 1.09. The molecule has 104 valence electrons.